The first-order chi connectivity index (χ1) is 6.86. The van der Waals surface area contributed by atoms with Crippen molar-refractivity contribution in [3.63, 3.8) is 0 Å². The van der Waals surface area contributed by atoms with E-state index >= 15 is 0 Å². The molecule has 1 N–H and O–H groups in total. The van der Waals surface area contributed by atoms with Crippen molar-refractivity contribution in [3.8, 4) is 5.75 Å². The minimum absolute atomic E-state index is 0.372. The second-order valence-electron chi connectivity index (χ2n) is 3.61. The molecule has 0 aromatic heterocycles. The molecule has 0 amide bonds. The van der Waals surface area contributed by atoms with Crippen LogP contribution < -0.4 is 0 Å². The summed E-state index contributed by atoms with van der Waals surface area (Å²) >= 11 is 0. The highest BCUT2D eigenvalue weighted by Crippen LogP contribution is 2.32. The lowest BCUT2D eigenvalue weighted by Gasteiger charge is -2.06. The maximum absolute atomic E-state index is 9.68. The third-order valence-electron chi connectivity index (χ3n) is 2.81. The first kappa shape index (κ1) is 7.63. The molecular formula is C13H10O. The molecule has 2 aromatic carbocycles. The minimum Gasteiger partial charge on any atom is -0.507 e. The Labute approximate surface area is 82.3 Å². The number of phenols is 1. The first-order valence-electron chi connectivity index (χ1n) is 4.76. The summed E-state index contributed by atoms with van der Waals surface area (Å²) in [6.07, 6.45) is 5.28. The highest BCUT2D eigenvalue weighted by atomic mass is 16.3. The summed E-state index contributed by atoms with van der Waals surface area (Å²) in [5.74, 6) is 0.372. The van der Waals surface area contributed by atoms with Crippen LogP contribution in [0.25, 0.3) is 16.8 Å². The lowest BCUT2D eigenvalue weighted by atomic mass is 10.00. The Morgan fingerprint density at radius 1 is 1.00 bits per heavy atom. The summed E-state index contributed by atoms with van der Waals surface area (Å²) in [5.41, 5.74) is 2.61. The zero-order valence-electron chi connectivity index (χ0n) is 7.70. The van der Waals surface area contributed by atoms with E-state index in [2.05, 4.69) is 24.3 Å². The molecule has 0 spiro atoms. The number of allylic oxidation sites excluding steroid dienone is 1. The molecule has 1 nitrogen and oxygen atoms in total. The third kappa shape index (κ3) is 0.896. The van der Waals surface area contributed by atoms with Gasteiger partial charge in [0.05, 0.1) is 0 Å². The van der Waals surface area contributed by atoms with Crippen molar-refractivity contribution in [3.05, 3.63) is 47.5 Å². The molecule has 3 rings (SSSR count). The van der Waals surface area contributed by atoms with Gasteiger partial charge in [0, 0.05) is 5.39 Å². The molecule has 14 heavy (non-hydrogen) atoms. The molecule has 1 aliphatic carbocycles. The van der Waals surface area contributed by atoms with Gasteiger partial charge >= 0.3 is 0 Å². The van der Waals surface area contributed by atoms with Gasteiger partial charge in [0.15, 0.2) is 0 Å². The lowest BCUT2D eigenvalue weighted by Crippen LogP contribution is -1.84. The molecule has 0 saturated heterocycles. The summed E-state index contributed by atoms with van der Waals surface area (Å²) < 4.78 is 0. The zero-order chi connectivity index (χ0) is 9.54. The van der Waals surface area contributed by atoms with Crippen molar-refractivity contribution >= 4 is 16.8 Å². The summed E-state index contributed by atoms with van der Waals surface area (Å²) in [4.78, 5) is 0. The fraction of sp³-hybridized carbons (Fsp3) is 0.0769. The van der Waals surface area contributed by atoms with Crippen molar-refractivity contribution in [2.24, 2.45) is 0 Å². The molecule has 1 heteroatoms. The number of benzene rings is 2. The molecule has 0 saturated carbocycles. The monoisotopic (exact) mass is 182 g/mol. The van der Waals surface area contributed by atoms with Crippen LogP contribution in [0.2, 0.25) is 0 Å². The van der Waals surface area contributed by atoms with Gasteiger partial charge in [0.25, 0.3) is 0 Å². The maximum atomic E-state index is 9.68. The van der Waals surface area contributed by atoms with Gasteiger partial charge in [-0.15, -0.1) is 0 Å². The first-order valence-corrected chi connectivity index (χ1v) is 4.76. The van der Waals surface area contributed by atoms with Crippen LogP contribution in [-0.2, 0) is 6.42 Å². The van der Waals surface area contributed by atoms with Crippen LogP contribution in [0.3, 0.4) is 0 Å². The average molecular weight is 182 g/mol. The largest absolute Gasteiger partial charge is 0.507 e. The van der Waals surface area contributed by atoms with Gasteiger partial charge in [-0.25, -0.2) is 0 Å². The second-order valence-corrected chi connectivity index (χ2v) is 3.61. The Morgan fingerprint density at radius 2 is 1.93 bits per heavy atom. The number of hydrogen-bond acceptors (Lipinski definition) is 1. The summed E-state index contributed by atoms with van der Waals surface area (Å²) in [6.45, 7) is 0. The fourth-order valence-corrected chi connectivity index (χ4v) is 2.11. The fourth-order valence-electron chi connectivity index (χ4n) is 2.11. The van der Waals surface area contributed by atoms with Crippen molar-refractivity contribution in [1.29, 1.82) is 0 Å². The predicted molar refractivity (Wildman–Crippen MR) is 58.4 cm³/mol. The number of aromatic hydroxyl groups is 1. The standard InChI is InChI=1S/C13H10O/c14-13-6-2-5-11-10-4-1-3-9(10)7-8-12(11)13/h1-3,5-8,14H,4H2. The normalized spacial score (nSPS) is 13.4. The predicted octanol–water partition coefficient (Wildman–Crippen LogP) is 3.11. The van der Waals surface area contributed by atoms with Crippen molar-refractivity contribution < 1.29 is 5.11 Å². The van der Waals surface area contributed by atoms with Gasteiger partial charge in [-0.2, -0.15) is 0 Å². The smallest absolute Gasteiger partial charge is 0.123 e. The molecule has 0 bridgehead atoms. The molecule has 0 aliphatic heterocycles. The van der Waals surface area contributed by atoms with Crippen molar-refractivity contribution in [2.45, 2.75) is 6.42 Å². The van der Waals surface area contributed by atoms with Crippen LogP contribution >= 0.6 is 0 Å². The van der Waals surface area contributed by atoms with E-state index in [4.69, 9.17) is 0 Å². The van der Waals surface area contributed by atoms with Gasteiger partial charge in [-0.1, -0.05) is 36.4 Å². The van der Waals surface area contributed by atoms with E-state index in [-0.39, 0.29) is 0 Å². The van der Waals surface area contributed by atoms with E-state index in [1.807, 2.05) is 12.1 Å². The molecule has 2 aromatic rings. The summed E-state index contributed by atoms with van der Waals surface area (Å²) in [6, 6.07) is 9.76. The second kappa shape index (κ2) is 2.61. The zero-order valence-corrected chi connectivity index (χ0v) is 7.70. The summed E-state index contributed by atoms with van der Waals surface area (Å²) in [7, 11) is 0. The molecule has 0 radical (unpaired) electrons. The highest BCUT2D eigenvalue weighted by Gasteiger charge is 2.10. The van der Waals surface area contributed by atoms with E-state index in [1.165, 1.54) is 16.5 Å². The van der Waals surface area contributed by atoms with Gasteiger partial charge in [-0.05, 0) is 29.0 Å². The average Bonchev–Trinajstić information content (AvgIpc) is 2.66. The topological polar surface area (TPSA) is 20.2 Å². The van der Waals surface area contributed by atoms with Gasteiger partial charge in [-0.3, -0.25) is 0 Å². The minimum atomic E-state index is 0.372. The van der Waals surface area contributed by atoms with Gasteiger partial charge < -0.3 is 5.11 Å². The number of fused-ring (bicyclic) bond motifs is 3. The Hall–Kier alpha value is -1.76. The Balaban J connectivity index is 2.47. The van der Waals surface area contributed by atoms with Crippen LogP contribution in [0.5, 0.6) is 5.75 Å². The van der Waals surface area contributed by atoms with Gasteiger partial charge in [0.2, 0.25) is 0 Å². The van der Waals surface area contributed by atoms with Crippen LogP contribution in [0.15, 0.2) is 36.4 Å². The van der Waals surface area contributed by atoms with Crippen molar-refractivity contribution in [2.75, 3.05) is 0 Å². The molecule has 0 unspecified atom stereocenters. The number of rotatable bonds is 0. The van der Waals surface area contributed by atoms with E-state index < -0.39 is 0 Å². The molecule has 68 valence electrons. The van der Waals surface area contributed by atoms with E-state index in [1.54, 1.807) is 6.07 Å². The SMILES string of the molecule is Oc1cccc2c3c(ccc12)C=CC3. The summed E-state index contributed by atoms with van der Waals surface area (Å²) in [5, 5.41) is 11.8. The van der Waals surface area contributed by atoms with Crippen LogP contribution in [0.4, 0.5) is 0 Å². The molecular weight excluding hydrogens is 172 g/mol. The van der Waals surface area contributed by atoms with Gasteiger partial charge in [0.1, 0.15) is 5.75 Å². The Bertz CT molecular complexity index is 538. The van der Waals surface area contributed by atoms with E-state index in [0.717, 1.165) is 11.8 Å². The lowest BCUT2D eigenvalue weighted by molar-refractivity contribution is 0.481. The Kier molecular flexibility index (Phi) is 1.42. The van der Waals surface area contributed by atoms with E-state index in [0.29, 0.717) is 5.75 Å². The quantitative estimate of drug-likeness (QED) is 0.663. The van der Waals surface area contributed by atoms with E-state index in [9.17, 15) is 5.11 Å². The Morgan fingerprint density at radius 3 is 2.86 bits per heavy atom. The van der Waals surface area contributed by atoms with Crippen LogP contribution in [0, 0.1) is 0 Å². The molecule has 1 aliphatic rings. The number of hydrogen-bond donors (Lipinski definition) is 1. The molecule has 0 fully saturated rings. The van der Waals surface area contributed by atoms with Crippen LogP contribution in [0.1, 0.15) is 11.1 Å². The highest BCUT2D eigenvalue weighted by molar-refractivity contribution is 5.94. The van der Waals surface area contributed by atoms with Crippen LogP contribution in [-0.4, -0.2) is 5.11 Å². The molecule has 0 atom stereocenters. The molecule has 0 heterocycles. The number of phenolic OH excluding ortho intramolecular Hbond substituents is 1. The maximum Gasteiger partial charge on any atom is 0.123 e. The third-order valence-corrected chi connectivity index (χ3v) is 2.81. The van der Waals surface area contributed by atoms with Crippen molar-refractivity contribution in [1.82, 2.24) is 0 Å².